The zero-order chi connectivity index (χ0) is 9.97. The number of imidazole rings is 1. The van der Waals surface area contributed by atoms with Gasteiger partial charge in [0.2, 0.25) is 0 Å². The number of hydrogen-bond donors (Lipinski definition) is 2. The number of aryl methyl sites for hydroxylation is 1. The van der Waals surface area contributed by atoms with E-state index in [0.717, 1.165) is 11.3 Å². The fourth-order valence-corrected chi connectivity index (χ4v) is 1.23. The first kappa shape index (κ1) is 8.74. The third-order valence-corrected chi connectivity index (χ3v) is 1.87. The van der Waals surface area contributed by atoms with Crippen LogP contribution in [0.15, 0.2) is 10.7 Å². The van der Waals surface area contributed by atoms with E-state index < -0.39 is 5.97 Å². The summed E-state index contributed by atoms with van der Waals surface area (Å²) in [5.74, 6) is -0.0516. The topological polar surface area (TPSA) is 92.0 Å². The number of carboxylic acid groups (broad SMARTS) is 1. The molecule has 0 saturated carbocycles. The molecule has 74 valence electrons. The number of carboxylic acids is 1. The summed E-state index contributed by atoms with van der Waals surface area (Å²) in [4.78, 5) is 17.3. The van der Waals surface area contributed by atoms with Crippen molar-refractivity contribution in [3.63, 3.8) is 0 Å². The Morgan fingerprint density at radius 2 is 2.50 bits per heavy atom. The Morgan fingerprint density at radius 1 is 1.64 bits per heavy atom. The first-order chi connectivity index (χ1) is 6.75. The molecule has 2 N–H and O–H groups in total. The van der Waals surface area contributed by atoms with Crippen molar-refractivity contribution in [2.75, 3.05) is 0 Å². The number of aliphatic carboxylic acids is 1. The number of nitrogens with one attached hydrogen (secondary N) is 1. The Hall–Kier alpha value is -1.85. The molecule has 6 nitrogen and oxygen atoms in total. The van der Waals surface area contributed by atoms with E-state index in [-0.39, 0.29) is 6.42 Å². The van der Waals surface area contributed by atoms with E-state index in [1.807, 2.05) is 0 Å². The lowest BCUT2D eigenvalue weighted by Gasteiger charge is -1.92. The molecule has 0 bridgehead atoms. The van der Waals surface area contributed by atoms with Crippen molar-refractivity contribution in [2.45, 2.75) is 19.3 Å². The molecular weight excluding hydrogens is 186 g/mol. The van der Waals surface area contributed by atoms with Gasteiger partial charge in [-0.2, -0.15) is 4.98 Å². The number of carbonyl (C=O) groups is 1. The monoisotopic (exact) mass is 195 g/mol. The SMILES string of the molecule is O=C(O)CCCc1nc2oncc2[nH]1. The third kappa shape index (κ3) is 1.73. The van der Waals surface area contributed by atoms with Crippen molar-refractivity contribution in [3.05, 3.63) is 12.0 Å². The molecule has 0 saturated heterocycles. The van der Waals surface area contributed by atoms with Crippen LogP contribution in [0.2, 0.25) is 0 Å². The summed E-state index contributed by atoms with van der Waals surface area (Å²) >= 11 is 0. The summed E-state index contributed by atoms with van der Waals surface area (Å²) in [6.45, 7) is 0. The number of rotatable bonds is 4. The quantitative estimate of drug-likeness (QED) is 0.757. The van der Waals surface area contributed by atoms with Crippen molar-refractivity contribution in [1.29, 1.82) is 0 Å². The Balaban J connectivity index is 1.98. The number of H-pyrrole nitrogens is 1. The maximum absolute atomic E-state index is 10.3. The zero-order valence-corrected chi connectivity index (χ0v) is 7.36. The third-order valence-electron chi connectivity index (χ3n) is 1.87. The van der Waals surface area contributed by atoms with Gasteiger partial charge in [0.1, 0.15) is 11.3 Å². The summed E-state index contributed by atoms with van der Waals surface area (Å²) < 4.78 is 4.82. The standard InChI is InChI=1S/C8H9N3O3/c12-7(13)3-1-2-6-10-5-4-9-14-8(5)11-6/h4H,1-3H2,(H,10,11)(H,12,13). The van der Waals surface area contributed by atoms with Gasteiger partial charge in [0.05, 0.1) is 6.20 Å². The van der Waals surface area contributed by atoms with Crippen LogP contribution < -0.4 is 0 Å². The molecule has 0 unspecified atom stereocenters. The lowest BCUT2D eigenvalue weighted by Crippen LogP contribution is -1.96. The van der Waals surface area contributed by atoms with Gasteiger partial charge in [-0.25, -0.2) is 0 Å². The highest BCUT2D eigenvalue weighted by Crippen LogP contribution is 2.10. The second-order valence-electron chi connectivity index (χ2n) is 2.98. The molecule has 2 aromatic rings. The molecule has 2 heterocycles. The molecule has 6 heteroatoms. The highest BCUT2D eigenvalue weighted by atomic mass is 16.5. The van der Waals surface area contributed by atoms with Crippen molar-refractivity contribution < 1.29 is 14.4 Å². The number of fused-ring (bicyclic) bond motifs is 1. The van der Waals surface area contributed by atoms with Crippen LogP contribution in [0.1, 0.15) is 18.7 Å². The molecule has 0 aliphatic heterocycles. The molecule has 14 heavy (non-hydrogen) atoms. The lowest BCUT2D eigenvalue weighted by atomic mass is 10.2. The molecule has 0 aliphatic rings. The molecule has 0 spiro atoms. The number of nitrogens with zero attached hydrogens (tertiary/aromatic N) is 2. The molecule has 2 rings (SSSR count). The minimum atomic E-state index is -0.790. The number of aromatic nitrogens is 3. The van der Waals surface area contributed by atoms with Gasteiger partial charge in [-0.05, 0) is 6.42 Å². The van der Waals surface area contributed by atoms with Crippen molar-refractivity contribution in [2.24, 2.45) is 0 Å². The van der Waals surface area contributed by atoms with E-state index in [4.69, 9.17) is 9.63 Å². The van der Waals surface area contributed by atoms with Crippen LogP contribution in [0.3, 0.4) is 0 Å². The molecule has 0 fully saturated rings. The molecule has 0 atom stereocenters. The highest BCUT2D eigenvalue weighted by molar-refractivity contribution is 5.67. The summed E-state index contributed by atoms with van der Waals surface area (Å²) in [6.07, 6.45) is 2.87. The first-order valence-corrected chi connectivity index (χ1v) is 4.27. The van der Waals surface area contributed by atoms with Gasteiger partial charge in [0.25, 0.3) is 5.71 Å². The molecular formula is C8H9N3O3. The predicted molar refractivity (Wildman–Crippen MR) is 46.7 cm³/mol. The van der Waals surface area contributed by atoms with Gasteiger partial charge >= 0.3 is 5.97 Å². The number of hydrogen-bond acceptors (Lipinski definition) is 4. The summed E-state index contributed by atoms with van der Waals surface area (Å²) in [6, 6.07) is 0. The largest absolute Gasteiger partial charge is 0.481 e. The van der Waals surface area contributed by atoms with Gasteiger partial charge in [-0.15, -0.1) is 0 Å². The Labute approximate surface area is 78.9 Å². The van der Waals surface area contributed by atoms with E-state index in [0.29, 0.717) is 18.6 Å². The summed E-state index contributed by atoms with van der Waals surface area (Å²) in [5, 5.41) is 12.0. The average Bonchev–Trinajstić information content (AvgIpc) is 2.62. The molecule has 0 aromatic carbocycles. The van der Waals surface area contributed by atoms with E-state index in [9.17, 15) is 4.79 Å². The minimum absolute atomic E-state index is 0.153. The van der Waals surface area contributed by atoms with Gasteiger partial charge in [-0.1, -0.05) is 5.16 Å². The van der Waals surface area contributed by atoms with Crippen LogP contribution in [0.25, 0.3) is 11.2 Å². The Kier molecular flexibility index (Phi) is 2.18. The zero-order valence-electron chi connectivity index (χ0n) is 7.36. The second-order valence-corrected chi connectivity index (χ2v) is 2.98. The second kappa shape index (κ2) is 3.49. The fraction of sp³-hybridized carbons (Fsp3) is 0.375. The van der Waals surface area contributed by atoms with Crippen LogP contribution in [0.5, 0.6) is 0 Å². The Morgan fingerprint density at radius 3 is 3.21 bits per heavy atom. The fourth-order valence-electron chi connectivity index (χ4n) is 1.23. The van der Waals surface area contributed by atoms with Gasteiger partial charge in [-0.3, -0.25) is 4.79 Å². The van der Waals surface area contributed by atoms with Crippen LogP contribution in [0, 0.1) is 0 Å². The van der Waals surface area contributed by atoms with Gasteiger partial charge in [0, 0.05) is 12.8 Å². The van der Waals surface area contributed by atoms with Crippen LogP contribution in [-0.4, -0.2) is 26.2 Å². The average molecular weight is 195 g/mol. The summed E-state index contributed by atoms with van der Waals surface area (Å²) in [7, 11) is 0. The molecule has 0 aliphatic carbocycles. The van der Waals surface area contributed by atoms with E-state index in [2.05, 4.69) is 15.1 Å². The lowest BCUT2D eigenvalue weighted by molar-refractivity contribution is -0.137. The van der Waals surface area contributed by atoms with Crippen LogP contribution in [0.4, 0.5) is 0 Å². The molecule has 0 radical (unpaired) electrons. The smallest absolute Gasteiger partial charge is 0.303 e. The predicted octanol–water partition coefficient (Wildman–Crippen LogP) is 0.958. The maximum atomic E-state index is 10.3. The van der Waals surface area contributed by atoms with Crippen LogP contribution in [-0.2, 0) is 11.2 Å². The van der Waals surface area contributed by atoms with Crippen LogP contribution >= 0.6 is 0 Å². The van der Waals surface area contributed by atoms with E-state index >= 15 is 0 Å². The Bertz CT molecular complexity index is 417. The first-order valence-electron chi connectivity index (χ1n) is 4.27. The normalized spacial score (nSPS) is 10.9. The maximum Gasteiger partial charge on any atom is 0.303 e. The van der Waals surface area contributed by atoms with E-state index in [1.165, 1.54) is 0 Å². The highest BCUT2D eigenvalue weighted by Gasteiger charge is 2.06. The molecule has 2 aromatic heterocycles. The summed E-state index contributed by atoms with van der Waals surface area (Å²) in [5.41, 5.74) is 1.21. The van der Waals surface area contributed by atoms with Gasteiger partial charge in [0.15, 0.2) is 0 Å². The molecule has 0 amide bonds. The van der Waals surface area contributed by atoms with Gasteiger partial charge < -0.3 is 14.6 Å². The number of aromatic amines is 1. The van der Waals surface area contributed by atoms with E-state index in [1.54, 1.807) is 6.20 Å². The van der Waals surface area contributed by atoms with Crippen molar-refractivity contribution in [1.82, 2.24) is 15.1 Å². The minimum Gasteiger partial charge on any atom is -0.481 e. The van der Waals surface area contributed by atoms with Crippen molar-refractivity contribution >= 4 is 17.2 Å². The van der Waals surface area contributed by atoms with Crippen molar-refractivity contribution in [3.8, 4) is 0 Å².